The van der Waals surface area contributed by atoms with Crippen LogP contribution in [0.1, 0.15) is 30.4 Å². The highest BCUT2D eigenvalue weighted by Gasteiger charge is 2.42. The van der Waals surface area contributed by atoms with Gasteiger partial charge in [0, 0.05) is 36.9 Å². The van der Waals surface area contributed by atoms with E-state index in [1.54, 1.807) is 19.5 Å². The van der Waals surface area contributed by atoms with E-state index in [4.69, 9.17) is 17.0 Å². The zero-order valence-electron chi connectivity index (χ0n) is 19.3. The van der Waals surface area contributed by atoms with Gasteiger partial charge in [-0.3, -0.25) is 14.8 Å². The van der Waals surface area contributed by atoms with Crippen LogP contribution in [-0.4, -0.2) is 32.7 Å². The van der Waals surface area contributed by atoms with Gasteiger partial charge < -0.3 is 24.8 Å². The standard InChI is InChI=1S/C26H24N6O2S/c1-17(33)29-21-15-18(10-11-23(21)34-2)32-25(24(30-26(32)35)20-8-3-4-13-28-20)22-9-6-14-31(22)19-7-5-12-27-16-19/h3-16,24-25H,1-2H3,(H,29,33)(H,30,35)/t24-,25-/m0/s1. The third-order valence-electron chi connectivity index (χ3n) is 5.88. The van der Waals surface area contributed by atoms with Crippen LogP contribution in [0.15, 0.2) is 85.5 Å². The van der Waals surface area contributed by atoms with Crippen molar-refractivity contribution in [2.24, 2.45) is 0 Å². The summed E-state index contributed by atoms with van der Waals surface area (Å²) >= 11 is 5.85. The van der Waals surface area contributed by atoms with Crippen molar-refractivity contribution in [3.8, 4) is 11.4 Å². The summed E-state index contributed by atoms with van der Waals surface area (Å²) in [5.41, 5.74) is 4.21. The van der Waals surface area contributed by atoms with Gasteiger partial charge in [0.15, 0.2) is 5.11 Å². The summed E-state index contributed by atoms with van der Waals surface area (Å²) in [5.74, 6) is 0.384. The predicted molar refractivity (Wildman–Crippen MR) is 139 cm³/mol. The molecule has 5 rings (SSSR count). The van der Waals surface area contributed by atoms with Crippen molar-refractivity contribution in [2.75, 3.05) is 17.3 Å². The number of methoxy groups -OCH3 is 1. The maximum absolute atomic E-state index is 11.8. The number of nitrogens with one attached hydrogen (secondary N) is 2. The first-order chi connectivity index (χ1) is 17.1. The van der Waals surface area contributed by atoms with Gasteiger partial charge in [0.1, 0.15) is 11.8 Å². The van der Waals surface area contributed by atoms with E-state index in [1.807, 2.05) is 67.0 Å². The van der Waals surface area contributed by atoms with Crippen LogP contribution in [0.2, 0.25) is 0 Å². The summed E-state index contributed by atoms with van der Waals surface area (Å²) in [6.07, 6.45) is 7.37. The fraction of sp³-hybridized carbons (Fsp3) is 0.154. The minimum Gasteiger partial charge on any atom is -0.495 e. The molecule has 176 valence electrons. The molecule has 2 N–H and O–H groups in total. The Kier molecular flexibility index (Phi) is 6.15. The lowest BCUT2D eigenvalue weighted by atomic mass is 10.0. The van der Waals surface area contributed by atoms with E-state index in [1.165, 1.54) is 6.92 Å². The minimum atomic E-state index is -0.230. The number of hydrogen-bond donors (Lipinski definition) is 2. The SMILES string of the molecule is COc1ccc(N2C(=S)N[C@@H](c3ccccn3)[C@@H]2c2cccn2-c2cccnc2)cc1NC(C)=O. The molecule has 1 aromatic carbocycles. The molecule has 1 fully saturated rings. The van der Waals surface area contributed by atoms with Gasteiger partial charge >= 0.3 is 0 Å². The number of carbonyl (C=O) groups excluding carboxylic acids is 1. The highest BCUT2D eigenvalue weighted by atomic mass is 32.1. The van der Waals surface area contributed by atoms with Gasteiger partial charge in [-0.05, 0) is 66.8 Å². The quantitative estimate of drug-likeness (QED) is 0.392. The Balaban J connectivity index is 1.66. The molecule has 1 saturated heterocycles. The molecule has 0 bridgehead atoms. The van der Waals surface area contributed by atoms with E-state index in [0.29, 0.717) is 16.5 Å². The van der Waals surface area contributed by atoms with Crippen LogP contribution in [-0.2, 0) is 4.79 Å². The highest BCUT2D eigenvalue weighted by Crippen LogP contribution is 2.43. The molecule has 0 spiro atoms. The summed E-state index contributed by atoms with van der Waals surface area (Å²) in [6, 6.07) is 19.1. The molecule has 1 aliphatic rings. The fourth-order valence-corrected chi connectivity index (χ4v) is 4.78. The van der Waals surface area contributed by atoms with Crippen LogP contribution in [0.25, 0.3) is 5.69 Å². The third kappa shape index (κ3) is 4.33. The lowest BCUT2D eigenvalue weighted by Crippen LogP contribution is -2.30. The lowest BCUT2D eigenvalue weighted by Gasteiger charge is -2.29. The topological polar surface area (TPSA) is 84.3 Å². The van der Waals surface area contributed by atoms with Crippen LogP contribution in [0.3, 0.4) is 0 Å². The fourth-order valence-electron chi connectivity index (χ4n) is 4.43. The smallest absolute Gasteiger partial charge is 0.221 e. The van der Waals surface area contributed by atoms with E-state index in [2.05, 4.69) is 36.1 Å². The Morgan fingerprint density at radius 2 is 1.97 bits per heavy atom. The van der Waals surface area contributed by atoms with Crippen molar-refractivity contribution in [3.63, 3.8) is 0 Å². The maximum Gasteiger partial charge on any atom is 0.221 e. The number of benzene rings is 1. The number of pyridine rings is 2. The van der Waals surface area contributed by atoms with Gasteiger partial charge in [-0.1, -0.05) is 6.07 Å². The van der Waals surface area contributed by atoms with E-state index >= 15 is 0 Å². The molecular formula is C26H24N6O2S. The van der Waals surface area contributed by atoms with Gasteiger partial charge in [0.25, 0.3) is 0 Å². The van der Waals surface area contributed by atoms with Gasteiger partial charge in [0.2, 0.25) is 5.91 Å². The van der Waals surface area contributed by atoms with Crippen LogP contribution in [0.4, 0.5) is 11.4 Å². The zero-order chi connectivity index (χ0) is 24.4. The monoisotopic (exact) mass is 484 g/mol. The first-order valence-corrected chi connectivity index (χ1v) is 11.5. The summed E-state index contributed by atoms with van der Waals surface area (Å²) in [6.45, 7) is 1.47. The van der Waals surface area contributed by atoms with E-state index < -0.39 is 0 Å². The average Bonchev–Trinajstić information content (AvgIpc) is 3.49. The Labute approximate surface area is 208 Å². The molecule has 4 heterocycles. The number of anilines is 2. The molecule has 2 atom stereocenters. The molecular weight excluding hydrogens is 460 g/mol. The minimum absolute atomic E-state index is 0.184. The second-order valence-corrected chi connectivity index (χ2v) is 8.46. The molecule has 8 nitrogen and oxygen atoms in total. The van der Waals surface area contributed by atoms with Crippen molar-refractivity contribution in [2.45, 2.75) is 19.0 Å². The Bertz CT molecular complexity index is 1360. The molecule has 0 saturated carbocycles. The molecule has 0 unspecified atom stereocenters. The maximum atomic E-state index is 11.8. The van der Waals surface area contributed by atoms with Crippen molar-refractivity contribution in [1.29, 1.82) is 0 Å². The molecule has 0 radical (unpaired) electrons. The number of rotatable bonds is 6. The molecule has 0 aliphatic carbocycles. The van der Waals surface area contributed by atoms with Gasteiger partial charge in [-0.25, -0.2) is 0 Å². The van der Waals surface area contributed by atoms with E-state index in [-0.39, 0.29) is 18.0 Å². The number of amides is 1. The third-order valence-corrected chi connectivity index (χ3v) is 6.19. The van der Waals surface area contributed by atoms with Crippen molar-refractivity contribution in [1.82, 2.24) is 19.9 Å². The number of carbonyl (C=O) groups is 1. The van der Waals surface area contributed by atoms with Crippen LogP contribution in [0.5, 0.6) is 5.75 Å². The largest absolute Gasteiger partial charge is 0.495 e. The molecule has 35 heavy (non-hydrogen) atoms. The van der Waals surface area contributed by atoms with Gasteiger partial charge in [-0.2, -0.15) is 0 Å². The lowest BCUT2D eigenvalue weighted by molar-refractivity contribution is -0.114. The zero-order valence-corrected chi connectivity index (χ0v) is 20.1. The van der Waals surface area contributed by atoms with E-state index in [9.17, 15) is 4.79 Å². The summed E-state index contributed by atoms with van der Waals surface area (Å²) in [7, 11) is 1.57. The Hall–Kier alpha value is -4.24. The van der Waals surface area contributed by atoms with Crippen molar-refractivity contribution < 1.29 is 9.53 Å². The summed E-state index contributed by atoms with van der Waals surface area (Å²) in [4.78, 5) is 22.8. The number of ether oxygens (including phenoxy) is 1. The van der Waals surface area contributed by atoms with Crippen molar-refractivity contribution >= 4 is 34.6 Å². The molecule has 3 aromatic heterocycles. The molecule has 1 amide bonds. The number of thiocarbonyl (C=S) groups is 1. The number of hydrogen-bond acceptors (Lipinski definition) is 5. The second kappa shape index (κ2) is 9.55. The normalized spacial score (nSPS) is 17.2. The molecule has 4 aromatic rings. The van der Waals surface area contributed by atoms with Gasteiger partial charge in [0.05, 0.1) is 36.4 Å². The first kappa shape index (κ1) is 22.5. The van der Waals surface area contributed by atoms with E-state index in [0.717, 1.165) is 22.8 Å². The Morgan fingerprint density at radius 3 is 2.69 bits per heavy atom. The van der Waals surface area contributed by atoms with Crippen LogP contribution in [0, 0.1) is 0 Å². The average molecular weight is 485 g/mol. The Morgan fingerprint density at radius 1 is 1.09 bits per heavy atom. The van der Waals surface area contributed by atoms with Gasteiger partial charge in [-0.15, -0.1) is 0 Å². The van der Waals surface area contributed by atoms with Crippen LogP contribution < -0.4 is 20.3 Å². The first-order valence-electron chi connectivity index (χ1n) is 11.1. The number of nitrogens with zero attached hydrogens (tertiary/aromatic N) is 4. The summed E-state index contributed by atoms with van der Waals surface area (Å²) < 4.78 is 7.56. The molecule has 1 aliphatic heterocycles. The second-order valence-electron chi connectivity index (χ2n) is 8.08. The molecule has 9 heteroatoms. The van der Waals surface area contributed by atoms with Crippen molar-refractivity contribution in [3.05, 3.63) is 96.8 Å². The number of aromatic nitrogens is 3. The summed E-state index contributed by atoms with van der Waals surface area (Å²) in [5, 5.41) is 6.88. The predicted octanol–water partition coefficient (Wildman–Crippen LogP) is 4.41. The van der Waals surface area contributed by atoms with Crippen LogP contribution >= 0.6 is 12.2 Å². The highest BCUT2D eigenvalue weighted by molar-refractivity contribution is 7.80.